The van der Waals surface area contributed by atoms with Crippen molar-refractivity contribution < 1.29 is 28.6 Å². The number of rotatable bonds is 0. The van der Waals surface area contributed by atoms with Crippen LogP contribution in [0.25, 0.3) is 0 Å². The van der Waals surface area contributed by atoms with Gasteiger partial charge in [0.05, 0.1) is 5.69 Å². The first-order valence-corrected chi connectivity index (χ1v) is 11.3. The quantitative estimate of drug-likeness (QED) is 0.436. The SMILES string of the molecule is CC(C)(C)OC(=O)N1CCC(=C2Oc3ccc(Br)cc3N(C(=O)OC(C)(C)C)C2=O)CC1. The number of carbonyl (C=O) groups is 3. The first-order valence-electron chi connectivity index (χ1n) is 10.5. The van der Waals surface area contributed by atoms with Crippen LogP contribution in [0.3, 0.4) is 0 Å². The van der Waals surface area contributed by atoms with Crippen LogP contribution < -0.4 is 9.64 Å². The highest BCUT2D eigenvalue weighted by Crippen LogP contribution is 2.40. The van der Waals surface area contributed by atoms with E-state index in [9.17, 15) is 14.4 Å². The molecule has 2 heterocycles. The second-order valence-electron chi connectivity index (χ2n) is 9.74. The molecule has 0 aromatic heterocycles. The van der Waals surface area contributed by atoms with Gasteiger partial charge >= 0.3 is 18.1 Å². The third-order valence-electron chi connectivity index (χ3n) is 4.69. The van der Waals surface area contributed by atoms with Crippen LogP contribution in [0.4, 0.5) is 15.3 Å². The van der Waals surface area contributed by atoms with E-state index >= 15 is 0 Å². The van der Waals surface area contributed by atoms with Crippen molar-refractivity contribution >= 4 is 39.7 Å². The van der Waals surface area contributed by atoms with Crippen LogP contribution >= 0.6 is 15.9 Å². The Labute approximate surface area is 196 Å². The smallest absolute Gasteiger partial charge is 0.422 e. The standard InChI is InChI=1S/C23H29BrN2O6/c1-22(2,3)31-20(28)25-11-9-14(10-12-25)18-19(27)26(21(29)32-23(4,5)6)16-13-15(24)7-8-17(16)30-18/h7-8,13H,9-12H2,1-6H3. The first kappa shape index (κ1) is 24.1. The van der Waals surface area contributed by atoms with Crippen LogP contribution in [0.2, 0.25) is 0 Å². The molecule has 174 valence electrons. The fourth-order valence-corrected chi connectivity index (χ4v) is 3.69. The zero-order chi connectivity index (χ0) is 23.8. The summed E-state index contributed by atoms with van der Waals surface area (Å²) >= 11 is 3.37. The van der Waals surface area contributed by atoms with E-state index in [0.29, 0.717) is 41.8 Å². The minimum absolute atomic E-state index is 0.106. The van der Waals surface area contributed by atoms with Gasteiger partial charge in [0.2, 0.25) is 0 Å². The lowest BCUT2D eigenvalue weighted by atomic mass is 10.0. The third kappa shape index (κ3) is 5.62. The maximum atomic E-state index is 13.4. The summed E-state index contributed by atoms with van der Waals surface area (Å²) in [6, 6.07) is 5.11. The number of amides is 3. The molecule has 2 aliphatic heterocycles. The molecule has 3 rings (SSSR count). The van der Waals surface area contributed by atoms with Crippen LogP contribution in [0, 0.1) is 0 Å². The Morgan fingerprint density at radius 2 is 1.53 bits per heavy atom. The van der Waals surface area contributed by atoms with E-state index in [1.54, 1.807) is 43.9 Å². The van der Waals surface area contributed by atoms with Crippen molar-refractivity contribution in [3.8, 4) is 5.75 Å². The van der Waals surface area contributed by atoms with Gasteiger partial charge in [-0.25, -0.2) is 14.5 Å². The molecule has 0 aliphatic carbocycles. The summed E-state index contributed by atoms with van der Waals surface area (Å²) < 4.78 is 17.6. The summed E-state index contributed by atoms with van der Waals surface area (Å²) in [5.74, 6) is -0.0872. The Balaban J connectivity index is 1.88. The molecular formula is C23H29BrN2O6. The fraction of sp³-hybridized carbons (Fsp3) is 0.522. The number of benzene rings is 1. The number of likely N-dealkylation sites (tertiary alicyclic amines) is 1. The van der Waals surface area contributed by atoms with E-state index in [1.165, 1.54) is 0 Å². The molecule has 1 aromatic rings. The molecule has 2 aliphatic rings. The molecule has 1 saturated heterocycles. The van der Waals surface area contributed by atoms with E-state index in [4.69, 9.17) is 14.2 Å². The highest BCUT2D eigenvalue weighted by atomic mass is 79.9. The number of hydrogen-bond acceptors (Lipinski definition) is 6. The van der Waals surface area contributed by atoms with Gasteiger partial charge in [0.25, 0.3) is 0 Å². The molecule has 0 radical (unpaired) electrons. The molecule has 0 N–H and O–H groups in total. The molecule has 0 unspecified atom stereocenters. The van der Waals surface area contributed by atoms with E-state index in [1.807, 2.05) is 20.8 Å². The van der Waals surface area contributed by atoms with E-state index in [-0.39, 0.29) is 11.9 Å². The molecule has 0 bridgehead atoms. The summed E-state index contributed by atoms with van der Waals surface area (Å²) in [6.45, 7) is 11.5. The van der Waals surface area contributed by atoms with Crippen molar-refractivity contribution in [1.29, 1.82) is 0 Å². The second-order valence-corrected chi connectivity index (χ2v) is 10.7. The topological polar surface area (TPSA) is 85.4 Å². The average molecular weight is 509 g/mol. The summed E-state index contributed by atoms with van der Waals surface area (Å²) in [5, 5.41) is 0. The molecule has 32 heavy (non-hydrogen) atoms. The Kier molecular flexibility index (Phi) is 6.60. The number of nitrogens with zero attached hydrogens (tertiary/aromatic N) is 2. The van der Waals surface area contributed by atoms with Crippen molar-refractivity contribution in [3.05, 3.63) is 34.0 Å². The highest BCUT2D eigenvalue weighted by molar-refractivity contribution is 9.10. The Morgan fingerprint density at radius 3 is 2.09 bits per heavy atom. The first-order chi connectivity index (χ1) is 14.7. The molecule has 0 spiro atoms. The number of fused-ring (bicyclic) bond motifs is 1. The lowest BCUT2D eigenvalue weighted by Crippen LogP contribution is -2.46. The molecule has 1 aromatic carbocycles. The Morgan fingerprint density at radius 1 is 0.969 bits per heavy atom. The molecule has 0 saturated carbocycles. The third-order valence-corrected chi connectivity index (χ3v) is 5.18. The van der Waals surface area contributed by atoms with Gasteiger partial charge in [-0.1, -0.05) is 15.9 Å². The van der Waals surface area contributed by atoms with Crippen LogP contribution in [0.15, 0.2) is 34.0 Å². The summed E-state index contributed by atoms with van der Waals surface area (Å²) in [5.41, 5.74) is -0.288. The highest BCUT2D eigenvalue weighted by Gasteiger charge is 2.40. The minimum Gasteiger partial charge on any atom is -0.449 e. The lowest BCUT2D eigenvalue weighted by Gasteiger charge is -2.34. The normalized spacial score (nSPS) is 17.0. The lowest BCUT2D eigenvalue weighted by molar-refractivity contribution is -0.117. The van der Waals surface area contributed by atoms with Crippen molar-refractivity contribution in [1.82, 2.24) is 4.90 Å². The number of ether oxygens (including phenoxy) is 3. The minimum atomic E-state index is -0.770. The predicted octanol–water partition coefficient (Wildman–Crippen LogP) is 5.39. The van der Waals surface area contributed by atoms with E-state index in [2.05, 4.69) is 15.9 Å². The maximum Gasteiger partial charge on any atom is 0.422 e. The van der Waals surface area contributed by atoms with Gasteiger partial charge < -0.3 is 19.1 Å². The number of hydrogen-bond donors (Lipinski definition) is 0. The number of anilines is 1. The van der Waals surface area contributed by atoms with Crippen LogP contribution in [-0.4, -0.2) is 47.3 Å². The maximum absolute atomic E-state index is 13.4. The number of piperidine rings is 1. The number of carbonyl (C=O) groups excluding carboxylic acids is 3. The molecular weight excluding hydrogens is 480 g/mol. The van der Waals surface area contributed by atoms with Gasteiger partial charge in [-0.3, -0.25) is 4.79 Å². The van der Waals surface area contributed by atoms with Gasteiger partial charge in [0.15, 0.2) is 11.5 Å². The average Bonchev–Trinajstić information content (AvgIpc) is 2.65. The Bertz CT molecular complexity index is 964. The Hall–Kier alpha value is -2.55. The monoisotopic (exact) mass is 508 g/mol. The van der Waals surface area contributed by atoms with Crippen molar-refractivity contribution in [2.24, 2.45) is 0 Å². The largest absolute Gasteiger partial charge is 0.449 e. The van der Waals surface area contributed by atoms with Gasteiger partial charge in [-0.15, -0.1) is 0 Å². The van der Waals surface area contributed by atoms with Crippen LogP contribution in [0.1, 0.15) is 54.4 Å². The molecule has 1 fully saturated rings. The van der Waals surface area contributed by atoms with Gasteiger partial charge in [-0.05, 0) is 78.2 Å². The summed E-state index contributed by atoms with van der Waals surface area (Å²) in [6.07, 6.45) is -0.277. The van der Waals surface area contributed by atoms with Gasteiger partial charge in [-0.2, -0.15) is 0 Å². The number of imide groups is 1. The van der Waals surface area contributed by atoms with Crippen LogP contribution in [0.5, 0.6) is 5.75 Å². The van der Waals surface area contributed by atoms with Crippen molar-refractivity contribution in [3.63, 3.8) is 0 Å². The molecule has 8 nitrogen and oxygen atoms in total. The zero-order valence-corrected chi connectivity index (χ0v) is 20.9. The van der Waals surface area contributed by atoms with E-state index < -0.39 is 23.2 Å². The van der Waals surface area contributed by atoms with Gasteiger partial charge in [0, 0.05) is 17.6 Å². The molecule has 0 atom stereocenters. The van der Waals surface area contributed by atoms with Crippen molar-refractivity contribution in [2.75, 3.05) is 18.0 Å². The summed E-state index contributed by atoms with van der Waals surface area (Å²) in [7, 11) is 0. The molecule has 3 amide bonds. The number of halogens is 1. The molecule has 9 heteroatoms. The van der Waals surface area contributed by atoms with Crippen LogP contribution in [-0.2, 0) is 14.3 Å². The predicted molar refractivity (Wildman–Crippen MR) is 123 cm³/mol. The zero-order valence-electron chi connectivity index (χ0n) is 19.3. The van der Waals surface area contributed by atoms with E-state index in [0.717, 1.165) is 10.5 Å². The van der Waals surface area contributed by atoms with Gasteiger partial charge in [0.1, 0.15) is 11.2 Å². The second kappa shape index (κ2) is 8.77. The fourth-order valence-electron chi connectivity index (χ4n) is 3.34. The van der Waals surface area contributed by atoms with Crippen molar-refractivity contribution in [2.45, 2.75) is 65.6 Å². The summed E-state index contributed by atoms with van der Waals surface area (Å²) in [4.78, 5) is 41.2.